The lowest BCUT2D eigenvalue weighted by Gasteiger charge is -2.08. The highest BCUT2D eigenvalue weighted by atomic mass is 16.5. The van der Waals surface area contributed by atoms with Crippen LogP contribution in [-0.2, 0) is 11.2 Å². The van der Waals surface area contributed by atoms with Crippen molar-refractivity contribution in [2.45, 2.75) is 85.0 Å². The van der Waals surface area contributed by atoms with Crippen molar-refractivity contribution in [1.82, 2.24) is 9.97 Å². The van der Waals surface area contributed by atoms with Crippen LogP contribution in [0.2, 0.25) is 0 Å². The summed E-state index contributed by atoms with van der Waals surface area (Å²) in [6.45, 7) is 6.62. The molecular weight excluding hydrogens is 360 g/mol. The lowest BCUT2D eigenvalue weighted by atomic mass is 10.0. The first-order valence-corrected chi connectivity index (χ1v) is 11.2. The van der Waals surface area contributed by atoms with Crippen LogP contribution >= 0.6 is 0 Å². The quantitative estimate of drug-likeness (QED) is 0.277. The first-order chi connectivity index (χ1) is 14.1. The Hall–Kier alpha value is -2.23. The molecule has 1 heterocycles. The van der Waals surface area contributed by atoms with Crippen LogP contribution in [0.1, 0.15) is 84.1 Å². The summed E-state index contributed by atoms with van der Waals surface area (Å²) in [5, 5.41) is 0. The summed E-state index contributed by atoms with van der Waals surface area (Å²) in [6, 6.07) is 8.45. The molecule has 0 saturated heterocycles. The van der Waals surface area contributed by atoms with E-state index in [1.54, 1.807) is 12.4 Å². The van der Waals surface area contributed by atoms with E-state index < -0.39 is 0 Å². The molecule has 0 N–H and O–H groups in total. The van der Waals surface area contributed by atoms with Gasteiger partial charge in [0.15, 0.2) is 11.6 Å². The smallest absolute Gasteiger partial charge is 0.311 e. The minimum atomic E-state index is -0.215. The van der Waals surface area contributed by atoms with Crippen molar-refractivity contribution in [3.05, 3.63) is 42.2 Å². The van der Waals surface area contributed by atoms with Gasteiger partial charge in [-0.3, -0.25) is 4.79 Å². The number of carbonyl (C=O) groups is 1. The van der Waals surface area contributed by atoms with Crippen LogP contribution in [0.5, 0.6) is 5.75 Å². The Morgan fingerprint density at radius 1 is 0.966 bits per heavy atom. The molecule has 158 valence electrons. The molecule has 1 aromatic heterocycles. The van der Waals surface area contributed by atoms with Gasteiger partial charge in [-0.2, -0.15) is 0 Å². The maximum Gasteiger partial charge on any atom is 0.311 e. The van der Waals surface area contributed by atoms with E-state index in [0.29, 0.717) is 23.9 Å². The molecule has 0 aliphatic carbocycles. The van der Waals surface area contributed by atoms with Crippen molar-refractivity contribution in [3.63, 3.8) is 0 Å². The van der Waals surface area contributed by atoms with Crippen molar-refractivity contribution in [2.24, 2.45) is 5.92 Å². The van der Waals surface area contributed by atoms with Crippen LogP contribution in [0, 0.1) is 5.92 Å². The number of hydrogen-bond donors (Lipinski definition) is 0. The first-order valence-electron chi connectivity index (χ1n) is 11.2. The fraction of sp³-hybridized carbons (Fsp3) is 0.560. The van der Waals surface area contributed by atoms with Crippen LogP contribution in [0.4, 0.5) is 0 Å². The van der Waals surface area contributed by atoms with E-state index in [0.717, 1.165) is 31.2 Å². The van der Waals surface area contributed by atoms with Crippen LogP contribution < -0.4 is 4.74 Å². The van der Waals surface area contributed by atoms with Gasteiger partial charge in [0, 0.05) is 12.0 Å². The fourth-order valence-electron chi connectivity index (χ4n) is 3.25. The second-order valence-corrected chi connectivity index (χ2v) is 7.98. The molecule has 1 atom stereocenters. The maximum absolute atomic E-state index is 11.9. The topological polar surface area (TPSA) is 52.1 Å². The normalized spacial score (nSPS) is 12.0. The molecule has 2 rings (SSSR count). The Labute approximate surface area is 176 Å². The summed E-state index contributed by atoms with van der Waals surface area (Å²) in [6.07, 6.45) is 14.3. The Morgan fingerprint density at radius 2 is 1.66 bits per heavy atom. The van der Waals surface area contributed by atoms with E-state index in [4.69, 9.17) is 4.74 Å². The number of hydrogen-bond acceptors (Lipinski definition) is 4. The molecule has 1 aromatic carbocycles. The number of aromatic nitrogens is 2. The van der Waals surface area contributed by atoms with E-state index in [1.165, 1.54) is 37.7 Å². The third-order valence-corrected chi connectivity index (χ3v) is 5.42. The van der Waals surface area contributed by atoms with Crippen LogP contribution in [0.3, 0.4) is 0 Å². The first kappa shape index (κ1) is 23.1. The van der Waals surface area contributed by atoms with Gasteiger partial charge in [0.2, 0.25) is 0 Å². The van der Waals surface area contributed by atoms with E-state index in [-0.39, 0.29) is 5.97 Å². The van der Waals surface area contributed by atoms with E-state index in [1.807, 2.05) is 0 Å². The van der Waals surface area contributed by atoms with Crippen LogP contribution in [0.25, 0.3) is 11.4 Å². The van der Waals surface area contributed by atoms with Crippen molar-refractivity contribution in [2.75, 3.05) is 0 Å². The van der Waals surface area contributed by atoms with Gasteiger partial charge in [-0.05, 0) is 30.7 Å². The average Bonchev–Trinajstić information content (AvgIpc) is 2.74. The predicted molar refractivity (Wildman–Crippen MR) is 119 cm³/mol. The van der Waals surface area contributed by atoms with Crippen molar-refractivity contribution in [1.29, 1.82) is 0 Å². The Bertz CT molecular complexity index is 711. The number of carbonyl (C=O) groups excluding carboxylic acids is 1. The highest BCUT2D eigenvalue weighted by Crippen LogP contribution is 2.19. The lowest BCUT2D eigenvalue weighted by Crippen LogP contribution is -2.09. The van der Waals surface area contributed by atoms with Gasteiger partial charge in [0.1, 0.15) is 0 Å². The third kappa shape index (κ3) is 8.76. The molecule has 2 aromatic rings. The monoisotopic (exact) mass is 396 g/mol. The van der Waals surface area contributed by atoms with Crippen molar-refractivity contribution in [3.8, 4) is 17.1 Å². The second kappa shape index (κ2) is 13.1. The molecule has 0 spiro atoms. The van der Waals surface area contributed by atoms with E-state index in [9.17, 15) is 4.79 Å². The summed E-state index contributed by atoms with van der Waals surface area (Å²) in [5.41, 5.74) is 2.33. The Morgan fingerprint density at radius 3 is 2.31 bits per heavy atom. The predicted octanol–water partition coefficient (Wildman–Crippen LogP) is 6.78. The summed E-state index contributed by atoms with van der Waals surface area (Å²) >= 11 is 0. The van der Waals surface area contributed by atoms with Gasteiger partial charge >= 0.3 is 5.97 Å². The van der Waals surface area contributed by atoms with Crippen LogP contribution in [-0.4, -0.2) is 15.9 Å². The molecule has 0 radical (unpaired) electrons. The van der Waals surface area contributed by atoms with Crippen molar-refractivity contribution < 1.29 is 9.53 Å². The summed E-state index contributed by atoms with van der Waals surface area (Å²) in [5.74, 6) is 1.49. The highest BCUT2D eigenvalue weighted by Gasteiger charge is 2.08. The minimum Gasteiger partial charge on any atom is -0.423 e. The second-order valence-electron chi connectivity index (χ2n) is 7.98. The zero-order valence-electron chi connectivity index (χ0n) is 18.3. The number of aryl methyl sites for hydroxylation is 1. The zero-order chi connectivity index (χ0) is 20.9. The molecule has 0 saturated carbocycles. The molecule has 1 unspecified atom stereocenters. The molecule has 0 amide bonds. The van der Waals surface area contributed by atoms with Gasteiger partial charge in [-0.25, -0.2) is 9.97 Å². The average molecular weight is 397 g/mol. The standard InChI is InChI=1S/C25H36N2O2/c1-4-6-7-8-9-12-21-14-16-22(17-15-21)25-26-18-23(19-27-25)29-24(28)13-10-11-20(3)5-2/h14-20H,4-13H2,1-3H3. The number of rotatable bonds is 13. The van der Waals surface area contributed by atoms with Crippen LogP contribution in [0.15, 0.2) is 36.7 Å². The van der Waals surface area contributed by atoms with Gasteiger partial charge in [0.05, 0.1) is 12.4 Å². The number of unbranched alkanes of at least 4 members (excludes halogenated alkanes) is 4. The highest BCUT2D eigenvalue weighted by molar-refractivity contribution is 5.72. The molecule has 0 fully saturated rings. The van der Waals surface area contributed by atoms with Gasteiger partial charge in [-0.1, -0.05) is 83.6 Å². The number of benzene rings is 1. The largest absolute Gasteiger partial charge is 0.423 e. The fourth-order valence-corrected chi connectivity index (χ4v) is 3.25. The molecular formula is C25H36N2O2. The maximum atomic E-state index is 11.9. The van der Waals surface area contributed by atoms with Crippen molar-refractivity contribution >= 4 is 5.97 Å². The molecule has 4 nitrogen and oxygen atoms in total. The number of ether oxygens (including phenoxy) is 1. The summed E-state index contributed by atoms with van der Waals surface area (Å²) in [7, 11) is 0. The molecule has 29 heavy (non-hydrogen) atoms. The van der Waals surface area contributed by atoms with Gasteiger partial charge in [-0.15, -0.1) is 0 Å². The summed E-state index contributed by atoms with van der Waals surface area (Å²) < 4.78 is 5.35. The van der Waals surface area contributed by atoms with Gasteiger partial charge < -0.3 is 4.74 Å². The number of nitrogens with zero attached hydrogens (tertiary/aromatic N) is 2. The minimum absolute atomic E-state index is 0.215. The van der Waals surface area contributed by atoms with E-state index >= 15 is 0 Å². The molecule has 0 bridgehead atoms. The third-order valence-electron chi connectivity index (χ3n) is 5.42. The van der Waals surface area contributed by atoms with Gasteiger partial charge in [0.25, 0.3) is 0 Å². The Balaban J connectivity index is 1.79. The molecule has 0 aliphatic rings. The zero-order valence-corrected chi connectivity index (χ0v) is 18.3. The SMILES string of the molecule is CCCCCCCc1ccc(-c2ncc(OC(=O)CCCC(C)CC)cn2)cc1. The Kier molecular flexibility index (Phi) is 10.4. The van der Waals surface area contributed by atoms with E-state index in [2.05, 4.69) is 55.0 Å². The molecule has 4 heteroatoms. The lowest BCUT2D eigenvalue weighted by molar-refractivity contribution is -0.134. The summed E-state index contributed by atoms with van der Waals surface area (Å²) in [4.78, 5) is 20.7. The number of esters is 1. The molecule has 0 aliphatic heterocycles.